The Labute approximate surface area is 72.1 Å². The van der Waals surface area contributed by atoms with Crippen molar-refractivity contribution in [3.8, 4) is 0 Å². The van der Waals surface area contributed by atoms with E-state index in [1.54, 1.807) is 0 Å². The molecule has 0 spiro atoms. The van der Waals surface area contributed by atoms with Gasteiger partial charge in [0.1, 0.15) is 0 Å². The summed E-state index contributed by atoms with van der Waals surface area (Å²) in [6.45, 7) is 2.60. The van der Waals surface area contributed by atoms with Gasteiger partial charge in [0, 0.05) is 0 Å². The lowest BCUT2D eigenvalue weighted by atomic mass is 11.0. The molecule has 0 aliphatic heterocycles. The third-order valence-corrected chi connectivity index (χ3v) is 5.50. The third-order valence-electron chi connectivity index (χ3n) is 1.33. The molecular formula is C5H11NO4S2. The van der Waals surface area contributed by atoms with E-state index in [9.17, 15) is 16.8 Å². The van der Waals surface area contributed by atoms with Crippen LogP contribution < -0.4 is 0 Å². The summed E-state index contributed by atoms with van der Waals surface area (Å²) in [6, 6.07) is 0. The molecule has 0 unspecified atom stereocenters. The van der Waals surface area contributed by atoms with Gasteiger partial charge in [-0.2, -0.15) is 0 Å². The first-order valence-corrected chi connectivity index (χ1v) is 6.62. The second-order valence-electron chi connectivity index (χ2n) is 2.09. The Morgan fingerprint density at radius 2 is 1.25 bits per heavy atom. The minimum atomic E-state index is -3.87. The van der Waals surface area contributed by atoms with Crippen LogP contribution in [0.1, 0.15) is 13.8 Å². The van der Waals surface area contributed by atoms with Crippen LogP contribution in [0.4, 0.5) is 0 Å². The largest absolute Gasteiger partial charge is 0.279 e. The number of hydrogen-bond donors (Lipinski definition) is 1. The van der Waals surface area contributed by atoms with Gasteiger partial charge in [0.25, 0.3) is 0 Å². The molecule has 0 aromatic carbocycles. The second-order valence-corrected chi connectivity index (χ2v) is 6.78. The van der Waals surface area contributed by atoms with E-state index in [1.807, 2.05) is 0 Å². The molecule has 1 N–H and O–H groups in total. The van der Waals surface area contributed by atoms with Crippen LogP contribution in [0.5, 0.6) is 0 Å². The minimum absolute atomic E-state index is 0.356. The predicted molar refractivity (Wildman–Crippen MR) is 46.6 cm³/mol. The molecule has 0 saturated heterocycles. The molecule has 0 aromatic rings. The molecule has 0 heterocycles. The Morgan fingerprint density at radius 1 is 1.00 bits per heavy atom. The van der Waals surface area contributed by atoms with Crippen molar-refractivity contribution in [1.82, 2.24) is 0 Å². The number of nitrogens with one attached hydrogen (secondary N) is 1. The van der Waals surface area contributed by atoms with Gasteiger partial charge in [0.2, 0.25) is 24.1 Å². The maximum atomic E-state index is 10.9. The van der Waals surface area contributed by atoms with Crippen molar-refractivity contribution >= 4 is 24.1 Å². The van der Waals surface area contributed by atoms with Crippen molar-refractivity contribution in [3.05, 3.63) is 0 Å². The zero-order valence-electron chi connectivity index (χ0n) is 6.86. The van der Waals surface area contributed by atoms with Gasteiger partial charge in [-0.3, -0.25) is 5.41 Å². The molecule has 0 saturated carbocycles. The second kappa shape index (κ2) is 3.53. The summed E-state index contributed by atoms with van der Waals surface area (Å²) in [5, 5.41) is 6.92. The molecule has 7 heteroatoms. The average molecular weight is 213 g/mol. The van der Waals surface area contributed by atoms with Crippen molar-refractivity contribution < 1.29 is 16.8 Å². The Bertz CT molecular complexity index is 328. The molecule has 0 radical (unpaired) electrons. The Kier molecular flexibility index (Phi) is 3.40. The summed E-state index contributed by atoms with van der Waals surface area (Å²) >= 11 is 0. The van der Waals surface area contributed by atoms with E-state index < -0.39 is 24.1 Å². The van der Waals surface area contributed by atoms with Crippen molar-refractivity contribution in [2.24, 2.45) is 0 Å². The van der Waals surface area contributed by atoms with Gasteiger partial charge in [0.15, 0.2) is 0 Å². The lowest BCUT2D eigenvalue weighted by molar-refractivity contribution is 0.603. The fraction of sp³-hybridized carbons (Fsp3) is 0.800. The predicted octanol–water partition coefficient (Wildman–Crippen LogP) is -0.209. The van der Waals surface area contributed by atoms with Crippen molar-refractivity contribution in [3.63, 3.8) is 0 Å². The number of sulfone groups is 2. The highest BCUT2D eigenvalue weighted by atomic mass is 32.3. The molecule has 0 bridgehead atoms. The Balaban J connectivity index is 5.16. The summed E-state index contributed by atoms with van der Waals surface area (Å²) in [4.78, 5) is 0. The van der Waals surface area contributed by atoms with Gasteiger partial charge in [-0.15, -0.1) is 0 Å². The minimum Gasteiger partial charge on any atom is -0.279 e. The summed E-state index contributed by atoms with van der Waals surface area (Å²) in [6.07, 6.45) is 0. The zero-order chi connectivity index (χ0) is 9.99. The average Bonchev–Trinajstić information content (AvgIpc) is 2.03. The molecule has 0 fully saturated rings. The topological polar surface area (TPSA) is 92.1 Å². The van der Waals surface area contributed by atoms with Crippen molar-refractivity contribution in [1.29, 1.82) is 5.41 Å². The first kappa shape index (κ1) is 11.6. The quantitative estimate of drug-likeness (QED) is 0.507. The van der Waals surface area contributed by atoms with E-state index in [-0.39, 0.29) is 11.5 Å². The summed E-state index contributed by atoms with van der Waals surface area (Å²) in [7, 11) is -7.75. The molecule has 0 rings (SSSR count). The molecule has 0 aliphatic carbocycles. The van der Waals surface area contributed by atoms with E-state index in [1.165, 1.54) is 13.8 Å². The van der Waals surface area contributed by atoms with E-state index in [2.05, 4.69) is 0 Å². The van der Waals surface area contributed by atoms with Crippen LogP contribution in [0.25, 0.3) is 0 Å². The Hall–Kier alpha value is -0.430. The normalized spacial score (nSPS) is 12.8. The van der Waals surface area contributed by atoms with Crippen LogP contribution in [0.2, 0.25) is 0 Å². The van der Waals surface area contributed by atoms with Crippen LogP contribution in [-0.4, -0.2) is 32.7 Å². The third kappa shape index (κ3) is 2.28. The fourth-order valence-corrected chi connectivity index (χ4v) is 3.23. The molecular weight excluding hydrogens is 202 g/mol. The van der Waals surface area contributed by atoms with Gasteiger partial charge >= 0.3 is 0 Å². The highest BCUT2D eigenvalue weighted by Crippen LogP contribution is 2.01. The lowest BCUT2D eigenvalue weighted by Crippen LogP contribution is -2.26. The van der Waals surface area contributed by atoms with Gasteiger partial charge < -0.3 is 0 Å². The van der Waals surface area contributed by atoms with Crippen LogP contribution in [0.3, 0.4) is 0 Å². The van der Waals surface area contributed by atoms with E-state index in [0.717, 1.165) is 0 Å². The Morgan fingerprint density at radius 3 is 1.42 bits per heavy atom. The SMILES string of the molecule is CCS(=O)(=O)C(=N)S(=O)(=O)CC. The van der Waals surface area contributed by atoms with Gasteiger partial charge in [-0.05, 0) is 0 Å². The van der Waals surface area contributed by atoms with Crippen LogP contribution in [0, 0.1) is 5.41 Å². The smallest absolute Gasteiger partial charge is 0.240 e. The number of hydrogen-bond acceptors (Lipinski definition) is 5. The standard InChI is InChI=1S/C5H11NO4S2/c1-3-11(7,8)5(6)12(9,10)4-2/h6H,3-4H2,1-2H3. The molecule has 0 atom stereocenters. The first-order valence-electron chi connectivity index (χ1n) is 3.32. The lowest BCUT2D eigenvalue weighted by Gasteiger charge is -2.01. The van der Waals surface area contributed by atoms with E-state index >= 15 is 0 Å². The number of rotatable bonds is 2. The highest BCUT2D eigenvalue weighted by Gasteiger charge is 2.27. The molecule has 0 amide bonds. The van der Waals surface area contributed by atoms with Crippen LogP contribution in [-0.2, 0) is 19.7 Å². The van der Waals surface area contributed by atoms with Gasteiger partial charge in [0.05, 0.1) is 11.5 Å². The summed E-state index contributed by atoms with van der Waals surface area (Å²) in [5.41, 5.74) is 0. The molecule has 5 nitrogen and oxygen atoms in total. The van der Waals surface area contributed by atoms with Crippen LogP contribution >= 0.6 is 0 Å². The van der Waals surface area contributed by atoms with Gasteiger partial charge in [-0.1, -0.05) is 13.8 Å². The molecule has 72 valence electrons. The molecule has 0 aliphatic rings. The maximum Gasteiger partial charge on any atom is 0.240 e. The fourth-order valence-electron chi connectivity index (χ4n) is 0.456. The van der Waals surface area contributed by atoms with Crippen molar-refractivity contribution in [2.45, 2.75) is 13.8 Å². The van der Waals surface area contributed by atoms with E-state index in [4.69, 9.17) is 5.41 Å². The zero-order valence-corrected chi connectivity index (χ0v) is 8.50. The first-order chi connectivity index (χ1) is 5.28. The highest BCUT2D eigenvalue weighted by molar-refractivity contribution is 8.31. The molecule has 0 aromatic heterocycles. The molecule has 12 heavy (non-hydrogen) atoms. The summed E-state index contributed by atoms with van der Waals surface area (Å²) in [5.74, 6) is -0.712. The van der Waals surface area contributed by atoms with Crippen molar-refractivity contribution in [2.75, 3.05) is 11.5 Å². The van der Waals surface area contributed by atoms with Gasteiger partial charge in [-0.25, -0.2) is 16.8 Å². The summed E-state index contributed by atoms with van der Waals surface area (Å²) < 4.78 is 42.4. The van der Waals surface area contributed by atoms with Crippen LogP contribution in [0.15, 0.2) is 0 Å². The van der Waals surface area contributed by atoms with E-state index in [0.29, 0.717) is 0 Å². The maximum absolute atomic E-state index is 10.9. The monoisotopic (exact) mass is 213 g/mol.